The zero-order chi connectivity index (χ0) is 17.4. The summed E-state index contributed by atoms with van der Waals surface area (Å²) in [6.07, 6.45) is 0.192. The molecule has 0 N–H and O–H groups in total. The SMILES string of the molecule is N#CCCN(C(=O)COc1cccc([N+](=O)[O-])c1)c1ccccc1. The van der Waals surface area contributed by atoms with Gasteiger partial charge >= 0.3 is 0 Å². The zero-order valence-corrected chi connectivity index (χ0v) is 12.8. The lowest BCUT2D eigenvalue weighted by Gasteiger charge is -2.21. The van der Waals surface area contributed by atoms with E-state index >= 15 is 0 Å². The molecule has 2 rings (SSSR count). The fraction of sp³-hybridized carbons (Fsp3) is 0.176. The number of benzene rings is 2. The summed E-state index contributed by atoms with van der Waals surface area (Å²) in [4.78, 5) is 24.1. The summed E-state index contributed by atoms with van der Waals surface area (Å²) in [5.74, 6) is -0.0891. The van der Waals surface area contributed by atoms with Crippen molar-refractivity contribution < 1.29 is 14.5 Å². The van der Waals surface area contributed by atoms with Crippen LogP contribution in [0.15, 0.2) is 54.6 Å². The molecule has 0 saturated heterocycles. The fourth-order valence-corrected chi connectivity index (χ4v) is 2.08. The van der Waals surface area contributed by atoms with Gasteiger partial charge in [0.25, 0.3) is 11.6 Å². The number of nitrogens with zero attached hydrogens (tertiary/aromatic N) is 3. The summed E-state index contributed by atoms with van der Waals surface area (Å²) in [6.45, 7) is -0.0286. The summed E-state index contributed by atoms with van der Waals surface area (Å²) in [7, 11) is 0. The van der Waals surface area contributed by atoms with Gasteiger partial charge in [0.1, 0.15) is 5.75 Å². The number of carbonyl (C=O) groups is 1. The molecule has 0 spiro atoms. The van der Waals surface area contributed by atoms with Crippen molar-refractivity contribution in [3.63, 3.8) is 0 Å². The Labute approximate surface area is 138 Å². The van der Waals surface area contributed by atoms with E-state index in [0.29, 0.717) is 5.69 Å². The van der Waals surface area contributed by atoms with E-state index in [1.807, 2.05) is 12.1 Å². The largest absolute Gasteiger partial charge is 0.483 e. The van der Waals surface area contributed by atoms with Crippen LogP contribution in [0.5, 0.6) is 5.75 Å². The van der Waals surface area contributed by atoms with E-state index in [1.165, 1.54) is 23.1 Å². The molecule has 0 bridgehead atoms. The molecule has 122 valence electrons. The van der Waals surface area contributed by atoms with Crippen LogP contribution in [0.4, 0.5) is 11.4 Å². The maximum absolute atomic E-state index is 12.4. The molecule has 24 heavy (non-hydrogen) atoms. The molecule has 1 amide bonds. The average Bonchev–Trinajstić information content (AvgIpc) is 2.61. The molecule has 7 nitrogen and oxygen atoms in total. The highest BCUT2D eigenvalue weighted by atomic mass is 16.6. The van der Waals surface area contributed by atoms with E-state index in [0.717, 1.165) is 0 Å². The minimum atomic E-state index is -0.530. The van der Waals surface area contributed by atoms with Crippen LogP contribution < -0.4 is 9.64 Å². The topological polar surface area (TPSA) is 96.5 Å². The van der Waals surface area contributed by atoms with Gasteiger partial charge in [-0.2, -0.15) is 5.26 Å². The summed E-state index contributed by atoms with van der Waals surface area (Å²) in [5.41, 5.74) is 0.560. The maximum Gasteiger partial charge on any atom is 0.273 e. The average molecular weight is 325 g/mol. The van der Waals surface area contributed by atoms with Crippen molar-refractivity contribution in [3.05, 3.63) is 64.7 Å². The smallest absolute Gasteiger partial charge is 0.273 e. The highest BCUT2D eigenvalue weighted by Gasteiger charge is 2.16. The second-order valence-electron chi connectivity index (χ2n) is 4.83. The van der Waals surface area contributed by atoms with Gasteiger partial charge in [-0.1, -0.05) is 24.3 Å². The van der Waals surface area contributed by atoms with Crippen LogP contribution in [0.3, 0.4) is 0 Å². The van der Waals surface area contributed by atoms with Crippen molar-refractivity contribution in [1.29, 1.82) is 5.26 Å². The molecule has 0 heterocycles. The number of hydrogen-bond donors (Lipinski definition) is 0. The Balaban J connectivity index is 2.06. The van der Waals surface area contributed by atoms with Crippen LogP contribution in [-0.2, 0) is 4.79 Å². The molecule has 0 aliphatic carbocycles. The van der Waals surface area contributed by atoms with Crippen molar-refractivity contribution in [2.24, 2.45) is 0 Å². The highest BCUT2D eigenvalue weighted by Crippen LogP contribution is 2.20. The summed E-state index contributed by atoms with van der Waals surface area (Å²) in [5, 5.41) is 19.5. The van der Waals surface area contributed by atoms with Crippen LogP contribution in [0, 0.1) is 21.4 Å². The highest BCUT2D eigenvalue weighted by molar-refractivity contribution is 5.94. The van der Waals surface area contributed by atoms with E-state index < -0.39 is 4.92 Å². The van der Waals surface area contributed by atoms with Crippen molar-refractivity contribution in [3.8, 4) is 11.8 Å². The first-order valence-corrected chi connectivity index (χ1v) is 7.21. The lowest BCUT2D eigenvalue weighted by Crippen LogP contribution is -2.35. The molecule has 0 aliphatic heterocycles. The van der Waals surface area contributed by atoms with Crippen molar-refractivity contribution in [1.82, 2.24) is 0 Å². The van der Waals surface area contributed by atoms with Gasteiger partial charge in [-0.25, -0.2) is 0 Å². The number of carbonyl (C=O) groups excluding carboxylic acids is 1. The quantitative estimate of drug-likeness (QED) is 0.576. The molecule has 2 aromatic carbocycles. The molecule has 0 fully saturated rings. The molecule has 7 heteroatoms. The Morgan fingerprint density at radius 2 is 1.96 bits per heavy atom. The second-order valence-corrected chi connectivity index (χ2v) is 4.83. The van der Waals surface area contributed by atoms with Crippen LogP contribution in [0.1, 0.15) is 6.42 Å². The van der Waals surface area contributed by atoms with Gasteiger partial charge < -0.3 is 9.64 Å². The summed E-state index contributed by atoms with van der Waals surface area (Å²) >= 11 is 0. The van der Waals surface area contributed by atoms with Crippen molar-refractivity contribution in [2.75, 3.05) is 18.1 Å². The monoisotopic (exact) mass is 325 g/mol. The minimum Gasteiger partial charge on any atom is -0.483 e. The fourth-order valence-electron chi connectivity index (χ4n) is 2.08. The molecule has 0 unspecified atom stereocenters. The number of amides is 1. The Bertz CT molecular complexity index is 756. The van der Waals surface area contributed by atoms with Crippen LogP contribution >= 0.6 is 0 Å². The Morgan fingerprint density at radius 1 is 1.21 bits per heavy atom. The molecule has 0 radical (unpaired) electrons. The van der Waals surface area contributed by atoms with E-state index in [-0.39, 0.29) is 36.9 Å². The number of nitro benzene ring substituents is 1. The minimum absolute atomic E-state index is 0.107. The van der Waals surface area contributed by atoms with Crippen LogP contribution in [0.25, 0.3) is 0 Å². The predicted octanol–water partition coefficient (Wildman–Crippen LogP) is 2.92. The van der Waals surface area contributed by atoms with Crippen molar-refractivity contribution in [2.45, 2.75) is 6.42 Å². The predicted molar refractivity (Wildman–Crippen MR) is 87.6 cm³/mol. The first-order valence-electron chi connectivity index (χ1n) is 7.21. The molecule has 0 aromatic heterocycles. The van der Waals surface area contributed by atoms with Gasteiger partial charge in [-0.05, 0) is 18.2 Å². The molecule has 0 saturated carbocycles. The number of hydrogen-bond acceptors (Lipinski definition) is 5. The van der Waals surface area contributed by atoms with Gasteiger partial charge in [0, 0.05) is 18.3 Å². The van der Waals surface area contributed by atoms with Gasteiger partial charge in [0.05, 0.1) is 23.5 Å². The van der Waals surface area contributed by atoms with E-state index in [1.54, 1.807) is 30.3 Å². The van der Waals surface area contributed by atoms with Crippen molar-refractivity contribution >= 4 is 17.3 Å². The van der Waals surface area contributed by atoms with E-state index in [4.69, 9.17) is 10.00 Å². The first kappa shape index (κ1) is 17.0. The normalized spacial score (nSPS) is 9.79. The lowest BCUT2D eigenvalue weighted by atomic mass is 10.2. The van der Waals surface area contributed by atoms with E-state index in [2.05, 4.69) is 0 Å². The number of nitro groups is 1. The van der Waals surface area contributed by atoms with Gasteiger partial charge in [-0.3, -0.25) is 14.9 Å². The number of para-hydroxylation sites is 1. The van der Waals surface area contributed by atoms with Gasteiger partial charge in [-0.15, -0.1) is 0 Å². The molecule has 0 aliphatic rings. The molecular weight excluding hydrogens is 310 g/mol. The Kier molecular flexibility index (Phi) is 5.86. The summed E-state index contributed by atoms with van der Waals surface area (Å²) in [6, 6.07) is 16.6. The third-order valence-electron chi connectivity index (χ3n) is 3.21. The third-order valence-corrected chi connectivity index (χ3v) is 3.21. The molecular formula is C17H15N3O4. The maximum atomic E-state index is 12.4. The van der Waals surface area contributed by atoms with Crippen LogP contribution in [0.2, 0.25) is 0 Å². The van der Waals surface area contributed by atoms with Gasteiger partial charge in [0.2, 0.25) is 0 Å². The number of anilines is 1. The summed E-state index contributed by atoms with van der Waals surface area (Å²) < 4.78 is 5.36. The third kappa shape index (κ3) is 4.55. The standard InChI is InChI=1S/C17H15N3O4/c18-10-5-11-19(14-6-2-1-3-7-14)17(21)13-24-16-9-4-8-15(12-16)20(22)23/h1-4,6-9,12H,5,11,13H2. The number of non-ortho nitro benzene ring substituents is 1. The number of nitriles is 1. The van der Waals surface area contributed by atoms with Gasteiger partial charge in [0.15, 0.2) is 6.61 Å². The zero-order valence-electron chi connectivity index (χ0n) is 12.8. The number of ether oxygens (including phenoxy) is 1. The van der Waals surface area contributed by atoms with Crippen LogP contribution in [-0.4, -0.2) is 24.0 Å². The first-order chi connectivity index (χ1) is 11.6. The Morgan fingerprint density at radius 3 is 2.62 bits per heavy atom. The number of rotatable bonds is 7. The molecule has 2 aromatic rings. The molecule has 0 atom stereocenters. The Hall–Kier alpha value is -3.40. The lowest BCUT2D eigenvalue weighted by molar-refractivity contribution is -0.384. The van der Waals surface area contributed by atoms with E-state index in [9.17, 15) is 14.9 Å². The second kappa shape index (κ2) is 8.29.